The topological polar surface area (TPSA) is 49.8 Å². The third kappa shape index (κ3) is 8.39. The van der Waals surface area contributed by atoms with Crippen LogP contribution in [0.3, 0.4) is 0 Å². The summed E-state index contributed by atoms with van der Waals surface area (Å²) in [6, 6.07) is 0. The van der Waals surface area contributed by atoms with E-state index in [4.69, 9.17) is 9.84 Å². The second kappa shape index (κ2) is 9.93. The lowest BCUT2D eigenvalue weighted by molar-refractivity contribution is -0.145. The molecule has 0 saturated heterocycles. The fourth-order valence-electron chi connectivity index (χ4n) is 1.35. The Bertz CT molecular complexity index is 162. The van der Waals surface area contributed by atoms with Gasteiger partial charge >= 0.3 is 5.97 Å². The Morgan fingerprint density at radius 1 is 1.27 bits per heavy atom. The maximum Gasteiger partial charge on any atom is 0.320 e. The van der Waals surface area contributed by atoms with Crippen molar-refractivity contribution in [3.05, 3.63) is 0 Å². The number of aliphatic hydroxyl groups is 1. The number of carbonyl (C=O) groups is 1. The Labute approximate surface area is 92.2 Å². The second-order valence-corrected chi connectivity index (χ2v) is 3.56. The molecular formula is C11H23NO3. The van der Waals surface area contributed by atoms with Crippen LogP contribution < -0.4 is 0 Å². The normalized spacial score (nSPS) is 10.7. The van der Waals surface area contributed by atoms with Gasteiger partial charge in [-0.15, -0.1) is 0 Å². The van der Waals surface area contributed by atoms with Crippen molar-refractivity contribution in [2.45, 2.75) is 39.5 Å². The standard InChI is InChI=1S/C11H23NO3/c1-3-5-6-7-8-12(10-13)9-11(14)15-4-2/h13H,3-10H2,1-2H3. The van der Waals surface area contributed by atoms with E-state index in [1.165, 1.54) is 12.8 Å². The van der Waals surface area contributed by atoms with Crippen LogP contribution in [0.25, 0.3) is 0 Å². The predicted molar refractivity (Wildman–Crippen MR) is 59.4 cm³/mol. The lowest BCUT2D eigenvalue weighted by Gasteiger charge is -2.17. The van der Waals surface area contributed by atoms with Crippen molar-refractivity contribution in [1.82, 2.24) is 4.90 Å². The maximum absolute atomic E-state index is 11.1. The van der Waals surface area contributed by atoms with Crippen LogP contribution in [0, 0.1) is 0 Å². The molecule has 0 radical (unpaired) electrons. The van der Waals surface area contributed by atoms with Gasteiger partial charge in [0.05, 0.1) is 19.9 Å². The summed E-state index contributed by atoms with van der Waals surface area (Å²) in [7, 11) is 0. The van der Waals surface area contributed by atoms with Gasteiger partial charge in [-0.3, -0.25) is 9.69 Å². The number of carbonyl (C=O) groups excluding carboxylic acids is 1. The summed E-state index contributed by atoms with van der Waals surface area (Å²) in [5, 5.41) is 9.02. The zero-order valence-corrected chi connectivity index (χ0v) is 9.87. The first-order valence-electron chi connectivity index (χ1n) is 5.73. The first kappa shape index (κ1) is 14.4. The molecule has 0 fully saturated rings. The fraction of sp³-hybridized carbons (Fsp3) is 0.909. The third-order valence-electron chi connectivity index (χ3n) is 2.19. The molecule has 0 spiro atoms. The van der Waals surface area contributed by atoms with E-state index in [2.05, 4.69) is 6.92 Å². The minimum absolute atomic E-state index is 0.0784. The van der Waals surface area contributed by atoms with E-state index in [1.807, 2.05) is 0 Å². The van der Waals surface area contributed by atoms with Crippen molar-refractivity contribution in [3.63, 3.8) is 0 Å². The molecule has 0 aliphatic rings. The van der Waals surface area contributed by atoms with Crippen molar-refractivity contribution in [3.8, 4) is 0 Å². The van der Waals surface area contributed by atoms with Gasteiger partial charge in [0.1, 0.15) is 0 Å². The van der Waals surface area contributed by atoms with E-state index in [-0.39, 0.29) is 19.2 Å². The Hall–Kier alpha value is -0.610. The van der Waals surface area contributed by atoms with Gasteiger partial charge in [-0.1, -0.05) is 26.2 Å². The van der Waals surface area contributed by atoms with Gasteiger partial charge in [0.2, 0.25) is 0 Å². The molecule has 1 N–H and O–H groups in total. The summed E-state index contributed by atoms with van der Waals surface area (Å²) in [6.45, 7) is 5.20. The zero-order valence-electron chi connectivity index (χ0n) is 9.87. The molecule has 4 heteroatoms. The smallest absolute Gasteiger partial charge is 0.320 e. The highest BCUT2D eigenvalue weighted by Crippen LogP contribution is 2.01. The van der Waals surface area contributed by atoms with E-state index in [0.717, 1.165) is 19.4 Å². The van der Waals surface area contributed by atoms with Crippen molar-refractivity contribution in [2.75, 3.05) is 26.4 Å². The number of esters is 1. The fourth-order valence-corrected chi connectivity index (χ4v) is 1.35. The van der Waals surface area contributed by atoms with Gasteiger partial charge in [0.25, 0.3) is 0 Å². The number of aliphatic hydroxyl groups excluding tert-OH is 1. The zero-order chi connectivity index (χ0) is 11.5. The van der Waals surface area contributed by atoms with Crippen LogP contribution in [0.15, 0.2) is 0 Å². The van der Waals surface area contributed by atoms with E-state index in [0.29, 0.717) is 6.61 Å². The molecule has 0 bridgehead atoms. The highest BCUT2D eigenvalue weighted by atomic mass is 16.5. The van der Waals surface area contributed by atoms with Gasteiger partial charge in [-0.05, 0) is 13.3 Å². The van der Waals surface area contributed by atoms with Crippen LogP contribution in [0.5, 0.6) is 0 Å². The highest BCUT2D eigenvalue weighted by molar-refractivity contribution is 5.71. The minimum atomic E-state index is -0.262. The van der Waals surface area contributed by atoms with Gasteiger partial charge in [-0.25, -0.2) is 0 Å². The molecule has 0 unspecified atom stereocenters. The van der Waals surface area contributed by atoms with Crippen molar-refractivity contribution < 1.29 is 14.6 Å². The first-order chi connectivity index (χ1) is 7.24. The quantitative estimate of drug-likeness (QED) is 0.360. The number of hydrogen-bond acceptors (Lipinski definition) is 4. The Morgan fingerprint density at radius 3 is 2.53 bits per heavy atom. The molecule has 0 aromatic rings. The van der Waals surface area contributed by atoms with Crippen molar-refractivity contribution in [2.24, 2.45) is 0 Å². The van der Waals surface area contributed by atoms with Crippen LogP contribution in [-0.2, 0) is 9.53 Å². The third-order valence-corrected chi connectivity index (χ3v) is 2.19. The van der Waals surface area contributed by atoms with Gasteiger partial charge in [0, 0.05) is 6.54 Å². The predicted octanol–water partition coefficient (Wildman–Crippen LogP) is 1.38. The number of unbranched alkanes of at least 4 members (excludes halogenated alkanes) is 3. The number of hydrogen-bond donors (Lipinski definition) is 1. The molecule has 0 atom stereocenters. The summed E-state index contributed by atoms with van der Waals surface area (Å²) in [4.78, 5) is 12.8. The number of ether oxygens (including phenoxy) is 1. The van der Waals surface area contributed by atoms with E-state index in [1.54, 1.807) is 11.8 Å². The lowest BCUT2D eigenvalue weighted by atomic mass is 10.2. The first-order valence-corrected chi connectivity index (χ1v) is 5.73. The molecule has 0 heterocycles. The molecule has 15 heavy (non-hydrogen) atoms. The molecule has 0 aromatic carbocycles. The number of rotatable bonds is 9. The average Bonchev–Trinajstić information content (AvgIpc) is 2.23. The SMILES string of the molecule is CCCCCCN(CO)CC(=O)OCC. The van der Waals surface area contributed by atoms with Crippen molar-refractivity contribution in [1.29, 1.82) is 0 Å². The minimum Gasteiger partial charge on any atom is -0.465 e. The molecule has 0 aliphatic carbocycles. The maximum atomic E-state index is 11.1. The van der Waals surface area contributed by atoms with Crippen molar-refractivity contribution >= 4 is 5.97 Å². The van der Waals surface area contributed by atoms with Crippen LogP contribution in [0.4, 0.5) is 0 Å². The monoisotopic (exact) mass is 217 g/mol. The Kier molecular flexibility index (Phi) is 9.52. The number of nitrogens with zero attached hydrogens (tertiary/aromatic N) is 1. The highest BCUT2D eigenvalue weighted by Gasteiger charge is 2.09. The molecule has 0 amide bonds. The van der Waals surface area contributed by atoms with E-state index in [9.17, 15) is 4.79 Å². The lowest BCUT2D eigenvalue weighted by Crippen LogP contribution is -2.32. The molecule has 0 rings (SSSR count). The second-order valence-electron chi connectivity index (χ2n) is 3.56. The molecule has 0 aliphatic heterocycles. The van der Waals surface area contributed by atoms with Crippen LogP contribution in [-0.4, -0.2) is 42.4 Å². The molecule has 0 saturated carbocycles. The molecular weight excluding hydrogens is 194 g/mol. The van der Waals surface area contributed by atoms with Gasteiger partial charge in [-0.2, -0.15) is 0 Å². The van der Waals surface area contributed by atoms with Crippen LogP contribution in [0.2, 0.25) is 0 Å². The summed E-state index contributed by atoms with van der Waals surface area (Å²) < 4.78 is 4.81. The largest absolute Gasteiger partial charge is 0.465 e. The Morgan fingerprint density at radius 2 is 2.00 bits per heavy atom. The molecule has 90 valence electrons. The molecule has 4 nitrogen and oxygen atoms in total. The summed E-state index contributed by atoms with van der Waals surface area (Å²) in [5.74, 6) is -0.262. The van der Waals surface area contributed by atoms with Gasteiger partial charge in [0.15, 0.2) is 0 Å². The molecule has 0 aromatic heterocycles. The van der Waals surface area contributed by atoms with Gasteiger partial charge < -0.3 is 9.84 Å². The Balaban J connectivity index is 3.58. The van der Waals surface area contributed by atoms with Crippen LogP contribution >= 0.6 is 0 Å². The van der Waals surface area contributed by atoms with E-state index < -0.39 is 0 Å². The average molecular weight is 217 g/mol. The van der Waals surface area contributed by atoms with E-state index >= 15 is 0 Å². The summed E-state index contributed by atoms with van der Waals surface area (Å²) in [6.07, 6.45) is 4.57. The van der Waals surface area contributed by atoms with Crippen LogP contribution in [0.1, 0.15) is 39.5 Å². The summed E-state index contributed by atoms with van der Waals surface area (Å²) in [5.41, 5.74) is 0. The summed E-state index contributed by atoms with van der Waals surface area (Å²) >= 11 is 0.